The standard InChI is InChI=1S/C12H24N2O4/c1-8(2)4-5-9(3)14-12(18)13-7-6-10(15)11(16)17/h8-10,15H,4-7H2,1-3H3,(H,16,17)(H2,13,14,18). The van der Waals surface area contributed by atoms with Crippen molar-refractivity contribution >= 4 is 12.0 Å². The molecular weight excluding hydrogens is 236 g/mol. The van der Waals surface area contributed by atoms with Gasteiger partial charge in [-0.3, -0.25) is 0 Å². The van der Waals surface area contributed by atoms with E-state index in [1.807, 2.05) is 6.92 Å². The van der Waals surface area contributed by atoms with Gasteiger partial charge >= 0.3 is 12.0 Å². The molecule has 0 spiro atoms. The van der Waals surface area contributed by atoms with E-state index >= 15 is 0 Å². The lowest BCUT2D eigenvalue weighted by Gasteiger charge is -2.16. The molecule has 6 nitrogen and oxygen atoms in total. The number of aliphatic hydroxyl groups is 1. The third-order valence-electron chi connectivity index (χ3n) is 2.54. The van der Waals surface area contributed by atoms with Crippen LogP contribution in [0.4, 0.5) is 4.79 Å². The number of nitrogens with one attached hydrogen (secondary N) is 2. The van der Waals surface area contributed by atoms with Crippen LogP contribution in [0, 0.1) is 5.92 Å². The van der Waals surface area contributed by atoms with E-state index in [0.717, 1.165) is 12.8 Å². The van der Waals surface area contributed by atoms with Gasteiger partial charge in [-0.25, -0.2) is 9.59 Å². The molecular formula is C12H24N2O4. The van der Waals surface area contributed by atoms with Crippen molar-refractivity contribution in [3.63, 3.8) is 0 Å². The molecule has 4 N–H and O–H groups in total. The van der Waals surface area contributed by atoms with Crippen LogP contribution in [0.2, 0.25) is 0 Å². The highest BCUT2D eigenvalue weighted by atomic mass is 16.4. The van der Waals surface area contributed by atoms with Crippen molar-refractivity contribution in [2.24, 2.45) is 5.92 Å². The lowest BCUT2D eigenvalue weighted by molar-refractivity contribution is -0.146. The lowest BCUT2D eigenvalue weighted by Crippen LogP contribution is -2.42. The SMILES string of the molecule is CC(C)CCC(C)NC(=O)NCCC(O)C(=O)O. The monoisotopic (exact) mass is 260 g/mol. The molecule has 0 aliphatic rings. The molecule has 0 fully saturated rings. The molecule has 2 atom stereocenters. The first-order chi connectivity index (χ1) is 8.32. The fraction of sp³-hybridized carbons (Fsp3) is 0.833. The number of carboxylic acids is 1. The summed E-state index contributed by atoms with van der Waals surface area (Å²) < 4.78 is 0. The molecule has 0 radical (unpaired) electrons. The maximum absolute atomic E-state index is 11.4. The van der Waals surface area contributed by atoms with Gasteiger partial charge in [-0.1, -0.05) is 13.8 Å². The third-order valence-corrected chi connectivity index (χ3v) is 2.54. The zero-order chi connectivity index (χ0) is 14.1. The van der Waals surface area contributed by atoms with Crippen LogP contribution in [0.15, 0.2) is 0 Å². The molecule has 0 heterocycles. The minimum absolute atomic E-state index is 0.00310. The van der Waals surface area contributed by atoms with Crippen LogP contribution in [0.1, 0.15) is 40.0 Å². The molecule has 2 unspecified atom stereocenters. The highest BCUT2D eigenvalue weighted by Gasteiger charge is 2.13. The Morgan fingerprint density at radius 3 is 2.22 bits per heavy atom. The van der Waals surface area contributed by atoms with Crippen LogP contribution in [-0.2, 0) is 4.79 Å². The summed E-state index contributed by atoms with van der Waals surface area (Å²) in [5.41, 5.74) is 0. The van der Waals surface area contributed by atoms with Gasteiger partial charge < -0.3 is 20.8 Å². The average molecular weight is 260 g/mol. The quantitative estimate of drug-likeness (QED) is 0.522. The first-order valence-corrected chi connectivity index (χ1v) is 6.28. The fourth-order valence-electron chi connectivity index (χ4n) is 1.38. The molecule has 0 aliphatic carbocycles. The molecule has 0 aliphatic heterocycles. The summed E-state index contributed by atoms with van der Waals surface area (Å²) in [5.74, 6) is -0.675. The van der Waals surface area contributed by atoms with Crippen molar-refractivity contribution < 1.29 is 19.8 Å². The van der Waals surface area contributed by atoms with Gasteiger partial charge in [-0.15, -0.1) is 0 Å². The number of hydrogen-bond acceptors (Lipinski definition) is 3. The molecule has 6 heteroatoms. The van der Waals surface area contributed by atoms with Crippen LogP contribution in [0.3, 0.4) is 0 Å². The Hall–Kier alpha value is -1.30. The van der Waals surface area contributed by atoms with E-state index in [9.17, 15) is 9.59 Å². The molecule has 0 bridgehead atoms. The number of urea groups is 1. The van der Waals surface area contributed by atoms with E-state index in [-0.39, 0.29) is 25.0 Å². The van der Waals surface area contributed by atoms with E-state index in [2.05, 4.69) is 24.5 Å². The normalized spacial score (nSPS) is 14.1. The van der Waals surface area contributed by atoms with E-state index in [1.165, 1.54) is 0 Å². The molecule has 0 aromatic carbocycles. The molecule has 0 saturated heterocycles. The second-order valence-electron chi connectivity index (χ2n) is 4.92. The minimum Gasteiger partial charge on any atom is -0.479 e. The average Bonchev–Trinajstić information content (AvgIpc) is 2.25. The smallest absolute Gasteiger partial charge is 0.332 e. The summed E-state index contributed by atoms with van der Waals surface area (Å²) in [4.78, 5) is 21.7. The zero-order valence-corrected chi connectivity index (χ0v) is 11.3. The number of amides is 2. The lowest BCUT2D eigenvalue weighted by atomic mass is 10.0. The van der Waals surface area contributed by atoms with Gasteiger partial charge in [0.05, 0.1) is 0 Å². The molecule has 0 saturated carbocycles. The Kier molecular flexibility index (Phi) is 8.11. The number of aliphatic carboxylic acids is 1. The number of rotatable bonds is 8. The number of carboxylic acid groups (broad SMARTS) is 1. The van der Waals surface area contributed by atoms with E-state index in [4.69, 9.17) is 10.2 Å². The van der Waals surface area contributed by atoms with Crippen molar-refractivity contribution in [1.82, 2.24) is 10.6 Å². The van der Waals surface area contributed by atoms with Crippen LogP contribution < -0.4 is 10.6 Å². The summed E-state index contributed by atoms with van der Waals surface area (Å²) in [6.45, 7) is 6.31. The van der Waals surface area contributed by atoms with Crippen molar-refractivity contribution in [1.29, 1.82) is 0 Å². The topological polar surface area (TPSA) is 98.7 Å². The van der Waals surface area contributed by atoms with Gasteiger partial charge in [0, 0.05) is 19.0 Å². The van der Waals surface area contributed by atoms with Crippen LogP contribution in [0.25, 0.3) is 0 Å². The Bertz CT molecular complexity index is 269. The number of carbonyl (C=O) groups is 2. The van der Waals surface area contributed by atoms with Gasteiger partial charge in [0.15, 0.2) is 6.10 Å². The van der Waals surface area contributed by atoms with Gasteiger partial charge in [0.1, 0.15) is 0 Å². The van der Waals surface area contributed by atoms with Crippen LogP contribution >= 0.6 is 0 Å². The summed E-state index contributed by atoms with van der Waals surface area (Å²) >= 11 is 0. The summed E-state index contributed by atoms with van der Waals surface area (Å²) in [5, 5.41) is 22.7. The van der Waals surface area contributed by atoms with Crippen LogP contribution in [-0.4, -0.2) is 40.9 Å². The van der Waals surface area contributed by atoms with Crippen molar-refractivity contribution in [3.8, 4) is 0 Å². The zero-order valence-electron chi connectivity index (χ0n) is 11.3. The van der Waals surface area contributed by atoms with Gasteiger partial charge in [0.25, 0.3) is 0 Å². The second kappa shape index (κ2) is 8.74. The van der Waals surface area contributed by atoms with Gasteiger partial charge in [-0.2, -0.15) is 0 Å². The molecule has 18 heavy (non-hydrogen) atoms. The third kappa shape index (κ3) is 8.81. The Morgan fingerprint density at radius 2 is 1.72 bits per heavy atom. The van der Waals surface area contributed by atoms with Crippen molar-refractivity contribution in [2.45, 2.75) is 52.2 Å². The van der Waals surface area contributed by atoms with Crippen molar-refractivity contribution in [3.05, 3.63) is 0 Å². The van der Waals surface area contributed by atoms with Gasteiger partial charge in [0.2, 0.25) is 0 Å². The van der Waals surface area contributed by atoms with E-state index in [0.29, 0.717) is 5.92 Å². The molecule has 0 rings (SSSR count). The summed E-state index contributed by atoms with van der Waals surface area (Å²) in [6, 6.07) is -0.249. The predicted molar refractivity (Wildman–Crippen MR) is 68.3 cm³/mol. The maximum atomic E-state index is 11.4. The maximum Gasteiger partial charge on any atom is 0.332 e. The van der Waals surface area contributed by atoms with Crippen LogP contribution in [0.5, 0.6) is 0 Å². The largest absolute Gasteiger partial charge is 0.479 e. The van der Waals surface area contributed by atoms with Gasteiger partial charge in [-0.05, 0) is 25.7 Å². The first kappa shape index (κ1) is 16.7. The highest BCUT2D eigenvalue weighted by Crippen LogP contribution is 2.06. The van der Waals surface area contributed by atoms with E-state index < -0.39 is 12.1 Å². The Morgan fingerprint density at radius 1 is 1.11 bits per heavy atom. The van der Waals surface area contributed by atoms with E-state index in [1.54, 1.807) is 0 Å². The number of carbonyl (C=O) groups excluding carboxylic acids is 1. The number of aliphatic hydroxyl groups excluding tert-OH is 1. The summed E-state index contributed by atoms with van der Waals surface area (Å²) in [7, 11) is 0. The molecule has 106 valence electrons. The molecule has 0 aromatic rings. The minimum atomic E-state index is -1.43. The molecule has 0 aromatic heterocycles. The fourth-order valence-corrected chi connectivity index (χ4v) is 1.38. The Balaban J connectivity index is 3.67. The predicted octanol–water partition coefficient (Wildman–Crippen LogP) is 0.946. The highest BCUT2D eigenvalue weighted by molar-refractivity contribution is 5.74. The number of hydrogen-bond donors (Lipinski definition) is 4. The molecule has 2 amide bonds. The summed E-state index contributed by atoms with van der Waals surface area (Å²) in [6.07, 6.45) is 0.522. The first-order valence-electron chi connectivity index (χ1n) is 6.28. The second-order valence-corrected chi connectivity index (χ2v) is 4.92. The Labute approximate surface area is 108 Å². The van der Waals surface area contributed by atoms with Crippen molar-refractivity contribution in [2.75, 3.05) is 6.54 Å².